The molecular formula is C24H34N4O3. The van der Waals surface area contributed by atoms with Crippen molar-refractivity contribution in [3.8, 4) is 0 Å². The Kier molecular flexibility index (Phi) is 6.32. The average Bonchev–Trinajstić information content (AvgIpc) is 3.07. The zero-order chi connectivity index (χ0) is 22.0. The van der Waals surface area contributed by atoms with Gasteiger partial charge < -0.3 is 15.4 Å². The first-order valence-electron chi connectivity index (χ1n) is 11.5. The number of aromatic nitrogens is 2. The average molecular weight is 427 g/mol. The van der Waals surface area contributed by atoms with Gasteiger partial charge >= 0.3 is 0 Å². The fraction of sp³-hybridized carbons (Fsp3) is 0.625. The monoisotopic (exact) mass is 426 g/mol. The highest BCUT2D eigenvalue weighted by molar-refractivity contribution is 6.06. The van der Waals surface area contributed by atoms with Crippen LogP contribution < -0.4 is 10.6 Å². The van der Waals surface area contributed by atoms with Crippen molar-refractivity contribution < 1.29 is 14.3 Å². The second-order valence-corrected chi connectivity index (χ2v) is 10.0. The molecule has 2 aromatic rings. The molecule has 0 unspecified atom stereocenters. The van der Waals surface area contributed by atoms with Gasteiger partial charge in [0.2, 0.25) is 5.91 Å². The van der Waals surface area contributed by atoms with Crippen LogP contribution in [-0.2, 0) is 16.1 Å². The number of ether oxygens (including phenoxy) is 1. The van der Waals surface area contributed by atoms with E-state index in [1.807, 2.05) is 49.7 Å². The maximum atomic E-state index is 13.3. The molecule has 31 heavy (non-hydrogen) atoms. The zero-order valence-electron chi connectivity index (χ0n) is 18.8. The molecule has 7 nitrogen and oxygen atoms in total. The minimum atomic E-state index is -0.625. The van der Waals surface area contributed by atoms with Crippen LogP contribution in [0.4, 0.5) is 0 Å². The summed E-state index contributed by atoms with van der Waals surface area (Å²) in [5.41, 5.74) is 0.919. The van der Waals surface area contributed by atoms with Crippen molar-refractivity contribution in [2.75, 3.05) is 13.2 Å². The molecule has 0 radical (unpaired) electrons. The zero-order valence-corrected chi connectivity index (χ0v) is 18.8. The van der Waals surface area contributed by atoms with E-state index in [0.29, 0.717) is 11.6 Å². The Bertz CT molecular complexity index is 936. The summed E-state index contributed by atoms with van der Waals surface area (Å²) in [4.78, 5) is 26.2. The smallest absolute Gasteiger partial charge is 0.273 e. The quantitative estimate of drug-likeness (QED) is 0.742. The molecule has 1 aliphatic carbocycles. The van der Waals surface area contributed by atoms with Crippen LogP contribution in [-0.4, -0.2) is 46.9 Å². The Morgan fingerprint density at radius 3 is 2.52 bits per heavy atom. The fourth-order valence-corrected chi connectivity index (χ4v) is 4.32. The fourth-order valence-electron chi connectivity index (χ4n) is 4.32. The number of rotatable bonds is 6. The van der Waals surface area contributed by atoms with Gasteiger partial charge in [-0.15, -0.1) is 0 Å². The summed E-state index contributed by atoms with van der Waals surface area (Å²) in [5, 5.41) is 11.6. The molecule has 7 heteroatoms. The standard InChI is InChI=1S/C24H34N4O3/c1-24(2,3)21(23(30)25-17-7-6-8-17)26-22(29)20-18-9-4-5-10-19(18)28(27-20)15-16-11-13-31-14-12-16/h4-5,9-10,16-17,21H,6-8,11-15H2,1-3H3,(H,25,30)(H,26,29)/t21-/m1/s1. The van der Waals surface area contributed by atoms with Crippen LogP contribution in [0.3, 0.4) is 0 Å². The maximum absolute atomic E-state index is 13.3. The van der Waals surface area contributed by atoms with Crippen LogP contribution >= 0.6 is 0 Å². The van der Waals surface area contributed by atoms with Gasteiger partial charge in [0.1, 0.15) is 6.04 Å². The largest absolute Gasteiger partial charge is 0.381 e. The number of hydrogen-bond acceptors (Lipinski definition) is 4. The number of nitrogens with zero attached hydrogens (tertiary/aromatic N) is 2. The van der Waals surface area contributed by atoms with Crippen molar-refractivity contribution in [2.24, 2.45) is 11.3 Å². The van der Waals surface area contributed by atoms with Gasteiger partial charge in [-0.2, -0.15) is 5.10 Å². The number of carbonyl (C=O) groups is 2. The maximum Gasteiger partial charge on any atom is 0.273 e. The first-order chi connectivity index (χ1) is 14.8. The minimum Gasteiger partial charge on any atom is -0.381 e. The van der Waals surface area contributed by atoms with Crippen molar-refractivity contribution in [1.29, 1.82) is 0 Å². The molecule has 2 aliphatic rings. The predicted octanol–water partition coefficient (Wildman–Crippen LogP) is 3.28. The highest BCUT2D eigenvalue weighted by Crippen LogP contribution is 2.25. The Balaban J connectivity index is 1.56. The van der Waals surface area contributed by atoms with Crippen molar-refractivity contribution in [3.05, 3.63) is 30.0 Å². The molecule has 1 saturated heterocycles. The first kappa shape index (κ1) is 21.8. The van der Waals surface area contributed by atoms with Crippen LogP contribution in [0.2, 0.25) is 0 Å². The van der Waals surface area contributed by atoms with E-state index in [2.05, 4.69) is 10.6 Å². The van der Waals surface area contributed by atoms with Crippen LogP contribution in [0.1, 0.15) is 63.4 Å². The number of amides is 2. The molecule has 1 aromatic carbocycles. The summed E-state index contributed by atoms with van der Waals surface area (Å²) < 4.78 is 7.42. The summed E-state index contributed by atoms with van der Waals surface area (Å²) in [6, 6.07) is 7.43. The Labute approximate surface area is 183 Å². The van der Waals surface area contributed by atoms with E-state index in [1.165, 1.54) is 0 Å². The van der Waals surface area contributed by atoms with Gasteiger partial charge in [0, 0.05) is 31.2 Å². The molecule has 2 fully saturated rings. The molecule has 2 heterocycles. The summed E-state index contributed by atoms with van der Waals surface area (Å²) in [5.74, 6) is 0.0747. The molecule has 0 spiro atoms. The predicted molar refractivity (Wildman–Crippen MR) is 120 cm³/mol. The third-order valence-electron chi connectivity index (χ3n) is 6.50. The van der Waals surface area contributed by atoms with Gasteiger partial charge in [-0.3, -0.25) is 14.3 Å². The van der Waals surface area contributed by atoms with Crippen LogP contribution in [0.5, 0.6) is 0 Å². The number of para-hydroxylation sites is 1. The molecule has 1 aromatic heterocycles. The van der Waals surface area contributed by atoms with Gasteiger partial charge in [-0.25, -0.2) is 0 Å². The van der Waals surface area contributed by atoms with Crippen molar-refractivity contribution in [3.63, 3.8) is 0 Å². The molecule has 168 valence electrons. The summed E-state index contributed by atoms with van der Waals surface area (Å²) in [6.07, 6.45) is 5.18. The van der Waals surface area contributed by atoms with E-state index in [4.69, 9.17) is 9.84 Å². The van der Waals surface area contributed by atoms with Gasteiger partial charge in [0.05, 0.1) is 5.52 Å². The number of nitrogens with one attached hydrogen (secondary N) is 2. The van der Waals surface area contributed by atoms with Crippen molar-refractivity contribution in [1.82, 2.24) is 20.4 Å². The van der Waals surface area contributed by atoms with Crippen LogP contribution in [0.25, 0.3) is 10.9 Å². The molecule has 1 aliphatic heterocycles. The minimum absolute atomic E-state index is 0.114. The van der Waals surface area contributed by atoms with Gasteiger partial charge in [0.25, 0.3) is 5.91 Å². The highest BCUT2D eigenvalue weighted by atomic mass is 16.5. The number of hydrogen-bond donors (Lipinski definition) is 2. The van der Waals surface area contributed by atoms with Crippen molar-refractivity contribution >= 4 is 22.7 Å². The number of benzene rings is 1. The Hall–Kier alpha value is -2.41. The van der Waals surface area contributed by atoms with E-state index in [0.717, 1.165) is 62.8 Å². The molecule has 4 rings (SSSR count). The molecular weight excluding hydrogens is 392 g/mol. The number of fused-ring (bicyclic) bond motifs is 1. The second-order valence-electron chi connectivity index (χ2n) is 10.0. The summed E-state index contributed by atoms with van der Waals surface area (Å²) in [6.45, 7) is 8.24. The summed E-state index contributed by atoms with van der Waals surface area (Å²) >= 11 is 0. The van der Waals surface area contributed by atoms with E-state index < -0.39 is 11.5 Å². The van der Waals surface area contributed by atoms with E-state index in [1.54, 1.807) is 0 Å². The second kappa shape index (κ2) is 8.99. The Morgan fingerprint density at radius 1 is 1.16 bits per heavy atom. The molecule has 1 saturated carbocycles. The van der Waals surface area contributed by atoms with Gasteiger partial charge in [-0.1, -0.05) is 39.0 Å². The van der Waals surface area contributed by atoms with E-state index >= 15 is 0 Å². The third kappa shape index (κ3) is 4.92. The molecule has 0 bridgehead atoms. The molecule has 1 atom stereocenters. The lowest BCUT2D eigenvalue weighted by Gasteiger charge is -2.34. The Morgan fingerprint density at radius 2 is 1.87 bits per heavy atom. The highest BCUT2D eigenvalue weighted by Gasteiger charge is 2.35. The first-order valence-corrected chi connectivity index (χ1v) is 11.5. The van der Waals surface area contributed by atoms with Crippen LogP contribution in [0.15, 0.2) is 24.3 Å². The number of carbonyl (C=O) groups excluding carboxylic acids is 2. The van der Waals surface area contributed by atoms with Gasteiger partial charge in [0.15, 0.2) is 5.69 Å². The third-order valence-corrected chi connectivity index (χ3v) is 6.50. The van der Waals surface area contributed by atoms with E-state index in [9.17, 15) is 9.59 Å². The SMILES string of the molecule is CC(C)(C)[C@H](NC(=O)c1nn(CC2CCOCC2)c2ccccc12)C(=O)NC1CCC1. The molecule has 2 amide bonds. The topological polar surface area (TPSA) is 85.2 Å². The lowest BCUT2D eigenvalue weighted by molar-refractivity contribution is -0.126. The van der Waals surface area contributed by atoms with Gasteiger partial charge in [-0.05, 0) is 49.5 Å². The van der Waals surface area contributed by atoms with E-state index in [-0.39, 0.29) is 17.9 Å². The molecule has 2 N–H and O–H groups in total. The normalized spacial score (nSPS) is 19.1. The summed E-state index contributed by atoms with van der Waals surface area (Å²) in [7, 11) is 0. The van der Waals surface area contributed by atoms with Crippen molar-refractivity contribution in [2.45, 2.75) is 71.5 Å². The van der Waals surface area contributed by atoms with Crippen LogP contribution in [0, 0.1) is 11.3 Å². The lowest BCUT2D eigenvalue weighted by Crippen LogP contribution is -2.56. The lowest BCUT2D eigenvalue weighted by atomic mass is 9.85.